The highest BCUT2D eigenvalue weighted by atomic mass is 16.3. The Hall–Kier alpha value is -2.61. The van der Waals surface area contributed by atoms with E-state index in [0.717, 1.165) is 12.2 Å². The summed E-state index contributed by atoms with van der Waals surface area (Å²) in [5, 5.41) is 0. The molecule has 0 saturated heterocycles. The van der Waals surface area contributed by atoms with Gasteiger partial charge in [0.15, 0.2) is 5.78 Å². The Morgan fingerprint density at radius 3 is 2.25 bits per heavy atom. The summed E-state index contributed by atoms with van der Waals surface area (Å²) in [5.41, 5.74) is 3.10. The van der Waals surface area contributed by atoms with Gasteiger partial charge in [0.1, 0.15) is 11.5 Å². The quantitative estimate of drug-likeness (QED) is 0.614. The normalized spacial score (nSPS) is 22.3. The van der Waals surface area contributed by atoms with E-state index in [1.165, 1.54) is 11.1 Å². The molecule has 4 rings (SSSR count). The van der Waals surface area contributed by atoms with E-state index in [0.29, 0.717) is 17.2 Å². The molecule has 0 N–H and O–H groups in total. The second-order valence-electron chi connectivity index (χ2n) is 6.64. The van der Waals surface area contributed by atoms with Crippen molar-refractivity contribution in [2.24, 2.45) is 0 Å². The van der Waals surface area contributed by atoms with Gasteiger partial charge in [-0.3, -0.25) is 4.79 Å². The average Bonchev–Trinajstić information content (AvgIpc) is 3.25. The molecule has 1 aromatic heterocycles. The van der Waals surface area contributed by atoms with Crippen LogP contribution in [0.1, 0.15) is 52.3 Å². The highest BCUT2D eigenvalue weighted by molar-refractivity contribution is 5.95. The van der Waals surface area contributed by atoms with Crippen molar-refractivity contribution in [3.05, 3.63) is 94.9 Å². The van der Waals surface area contributed by atoms with Gasteiger partial charge in [0, 0.05) is 5.92 Å². The van der Waals surface area contributed by atoms with Crippen molar-refractivity contribution in [1.29, 1.82) is 0 Å². The zero-order valence-electron chi connectivity index (χ0n) is 14.0. The van der Waals surface area contributed by atoms with E-state index in [-0.39, 0.29) is 11.2 Å². The van der Waals surface area contributed by atoms with Gasteiger partial charge in [0.2, 0.25) is 0 Å². The van der Waals surface area contributed by atoms with Crippen LogP contribution in [0.15, 0.2) is 71.1 Å². The van der Waals surface area contributed by atoms with Gasteiger partial charge in [-0.25, -0.2) is 0 Å². The number of rotatable bonds is 4. The third-order valence-corrected chi connectivity index (χ3v) is 5.19. The lowest BCUT2D eigenvalue weighted by atomic mass is 9.88. The number of carbonyl (C=O) groups is 1. The molecule has 24 heavy (non-hydrogen) atoms. The molecular weight excluding hydrogens is 296 g/mol. The van der Waals surface area contributed by atoms with Crippen LogP contribution in [0.25, 0.3) is 0 Å². The van der Waals surface area contributed by atoms with E-state index in [9.17, 15) is 4.79 Å². The summed E-state index contributed by atoms with van der Waals surface area (Å²) in [4.78, 5) is 11.9. The predicted octanol–water partition coefficient (Wildman–Crippen LogP) is 5.26. The predicted molar refractivity (Wildman–Crippen MR) is 94.5 cm³/mol. The monoisotopic (exact) mass is 316 g/mol. The lowest BCUT2D eigenvalue weighted by Crippen LogP contribution is -2.11. The summed E-state index contributed by atoms with van der Waals surface area (Å²) in [6, 6.07) is 23.0. The van der Waals surface area contributed by atoms with Gasteiger partial charge in [-0.2, -0.15) is 0 Å². The van der Waals surface area contributed by atoms with Crippen molar-refractivity contribution in [3.63, 3.8) is 0 Å². The second-order valence-corrected chi connectivity index (χ2v) is 6.64. The lowest BCUT2D eigenvalue weighted by molar-refractivity contribution is 0.101. The molecule has 2 atom stereocenters. The molecule has 0 amide bonds. The van der Waals surface area contributed by atoms with Crippen molar-refractivity contribution in [2.45, 2.75) is 31.6 Å². The first-order valence-electron chi connectivity index (χ1n) is 8.35. The lowest BCUT2D eigenvalue weighted by Gasteiger charge is -2.16. The first-order valence-corrected chi connectivity index (χ1v) is 8.35. The van der Waals surface area contributed by atoms with E-state index in [1.807, 2.05) is 25.1 Å². The van der Waals surface area contributed by atoms with Crippen molar-refractivity contribution in [1.82, 2.24) is 0 Å². The molecule has 1 saturated carbocycles. The van der Waals surface area contributed by atoms with E-state index in [1.54, 1.807) is 6.92 Å². The Labute approximate surface area is 142 Å². The zero-order chi connectivity index (χ0) is 16.7. The fourth-order valence-electron chi connectivity index (χ4n) is 3.87. The molecule has 120 valence electrons. The largest absolute Gasteiger partial charge is 0.465 e. The van der Waals surface area contributed by atoms with Crippen LogP contribution in [0.3, 0.4) is 0 Å². The Balaban J connectivity index is 1.85. The number of hydrogen-bond donors (Lipinski definition) is 0. The van der Waals surface area contributed by atoms with E-state index in [4.69, 9.17) is 4.42 Å². The maximum atomic E-state index is 11.9. The van der Waals surface area contributed by atoms with Crippen LogP contribution in [0.4, 0.5) is 0 Å². The van der Waals surface area contributed by atoms with Crippen LogP contribution in [-0.2, 0) is 5.41 Å². The van der Waals surface area contributed by atoms with Gasteiger partial charge in [-0.1, -0.05) is 60.7 Å². The minimum atomic E-state index is -0.166. The first-order chi connectivity index (χ1) is 11.6. The van der Waals surface area contributed by atoms with Crippen molar-refractivity contribution in [3.8, 4) is 0 Å². The van der Waals surface area contributed by atoms with Gasteiger partial charge in [0.25, 0.3) is 0 Å². The van der Waals surface area contributed by atoms with Gasteiger partial charge < -0.3 is 4.42 Å². The molecule has 3 aromatic rings. The van der Waals surface area contributed by atoms with Crippen molar-refractivity contribution < 1.29 is 9.21 Å². The van der Waals surface area contributed by atoms with Crippen molar-refractivity contribution >= 4 is 5.78 Å². The van der Waals surface area contributed by atoms with Crippen LogP contribution in [-0.4, -0.2) is 5.78 Å². The van der Waals surface area contributed by atoms with Crippen LogP contribution in [0, 0.1) is 6.92 Å². The summed E-state index contributed by atoms with van der Waals surface area (Å²) in [6.07, 6.45) is 1.01. The third kappa shape index (κ3) is 2.22. The summed E-state index contributed by atoms with van der Waals surface area (Å²) in [7, 11) is 0. The minimum absolute atomic E-state index is 0.0580. The zero-order valence-corrected chi connectivity index (χ0v) is 14.0. The summed E-state index contributed by atoms with van der Waals surface area (Å²) in [5.74, 6) is 2.06. The van der Waals surface area contributed by atoms with Gasteiger partial charge in [-0.15, -0.1) is 0 Å². The molecule has 0 radical (unpaired) electrons. The highest BCUT2D eigenvalue weighted by Gasteiger charge is 2.59. The molecule has 1 aliphatic carbocycles. The van der Waals surface area contributed by atoms with Gasteiger partial charge in [-0.05, 0) is 37.5 Å². The molecule has 1 fully saturated rings. The molecule has 2 nitrogen and oxygen atoms in total. The molecule has 1 aliphatic rings. The van der Waals surface area contributed by atoms with Crippen molar-refractivity contribution in [2.75, 3.05) is 0 Å². The first kappa shape index (κ1) is 14.9. The van der Waals surface area contributed by atoms with Gasteiger partial charge >= 0.3 is 0 Å². The van der Waals surface area contributed by atoms with Crippen LogP contribution < -0.4 is 0 Å². The molecular formula is C22H20O2. The average molecular weight is 316 g/mol. The maximum absolute atomic E-state index is 11.9. The number of furan rings is 1. The van der Waals surface area contributed by atoms with Crippen LogP contribution in [0.5, 0.6) is 0 Å². The SMILES string of the molecule is CC(=O)c1cc([C@]2(c3ccccc3)CC2c2ccccc2)oc1C. The van der Waals surface area contributed by atoms with E-state index >= 15 is 0 Å². The minimum Gasteiger partial charge on any atom is -0.465 e. The number of Topliss-reactive ketones (excluding diaryl/α,β-unsaturated/α-hetero) is 1. The van der Waals surface area contributed by atoms with Crippen LogP contribution in [0.2, 0.25) is 0 Å². The van der Waals surface area contributed by atoms with E-state index in [2.05, 4.69) is 48.5 Å². The third-order valence-electron chi connectivity index (χ3n) is 5.19. The second kappa shape index (κ2) is 5.48. The Bertz CT molecular complexity index is 877. The number of ketones is 1. The molecule has 2 aromatic carbocycles. The molecule has 0 bridgehead atoms. The van der Waals surface area contributed by atoms with E-state index < -0.39 is 0 Å². The molecule has 1 unspecified atom stereocenters. The van der Waals surface area contributed by atoms with Gasteiger partial charge in [0.05, 0.1) is 11.0 Å². The maximum Gasteiger partial charge on any atom is 0.163 e. The number of benzene rings is 2. The molecule has 0 spiro atoms. The molecule has 1 heterocycles. The number of aryl methyl sites for hydroxylation is 1. The summed E-state index contributed by atoms with van der Waals surface area (Å²) in [6.45, 7) is 3.47. The standard InChI is InChI=1S/C22H20O2/c1-15(23)19-13-21(24-16(19)2)22(18-11-7-4-8-12-18)14-20(22)17-9-5-3-6-10-17/h3-13,20H,14H2,1-2H3/t20?,22-/m0/s1. The molecule has 2 heteroatoms. The fraction of sp³-hybridized carbons (Fsp3) is 0.227. The Morgan fingerprint density at radius 1 is 1.04 bits per heavy atom. The number of carbonyl (C=O) groups excluding carboxylic acids is 1. The topological polar surface area (TPSA) is 30.2 Å². The molecule has 0 aliphatic heterocycles. The number of hydrogen-bond acceptors (Lipinski definition) is 2. The summed E-state index contributed by atoms with van der Waals surface area (Å²) < 4.78 is 6.09. The highest BCUT2D eigenvalue weighted by Crippen LogP contribution is 2.64. The Morgan fingerprint density at radius 2 is 1.67 bits per heavy atom. The Kier molecular flexibility index (Phi) is 3.42. The smallest absolute Gasteiger partial charge is 0.163 e. The summed E-state index contributed by atoms with van der Waals surface area (Å²) >= 11 is 0. The fourth-order valence-corrected chi connectivity index (χ4v) is 3.87. The van der Waals surface area contributed by atoms with Crippen LogP contribution >= 0.6 is 0 Å².